The fraction of sp³-hybridized carbons (Fsp3) is 0.444. The summed E-state index contributed by atoms with van der Waals surface area (Å²) in [5, 5.41) is 13.4. The molecule has 0 aromatic carbocycles. The van der Waals surface area contributed by atoms with Gasteiger partial charge in [0.1, 0.15) is 0 Å². The molecule has 0 aliphatic rings. The van der Waals surface area contributed by atoms with E-state index in [0.29, 0.717) is 5.13 Å². The molecule has 1 amide bonds. The van der Waals surface area contributed by atoms with Crippen molar-refractivity contribution < 1.29 is 14.7 Å². The van der Waals surface area contributed by atoms with Gasteiger partial charge in [0.25, 0.3) is 0 Å². The van der Waals surface area contributed by atoms with Gasteiger partial charge in [0.15, 0.2) is 5.13 Å². The highest BCUT2D eigenvalue weighted by molar-refractivity contribution is 7.13. The maximum absolute atomic E-state index is 11.4. The number of carboxylic acid groups (broad SMARTS) is 1. The van der Waals surface area contributed by atoms with E-state index in [0.717, 1.165) is 0 Å². The number of nitrogens with one attached hydrogen (secondary N) is 1. The van der Waals surface area contributed by atoms with Crippen LogP contribution in [0.25, 0.3) is 0 Å². The molecule has 0 fully saturated rings. The molecule has 5 nitrogen and oxygen atoms in total. The lowest BCUT2D eigenvalue weighted by Gasteiger charge is -2.07. The monoisotopic (exact) mass is 228 g/mol. The molecule has 1 heterocycles. The average Bonchev–Trinajstić information content (AvgIpc) is 2.53. The second kappa shape index (κ2) is 5.45. The Morgan fingerprint density at radius 3 is 2.87 bits per heavy atom. The quantitative estimate of drug-likeness (QED) is 0.802. The van der Waals surface area contributed by atoms with Gasteiger partial charge < -0.3 is 10.4 Å². The maximum atomic E-state index is 11.4. The zero-order valence-electron chi connectivity index (χ0n) is 8.27. The number of nitrogens with zero attached hydrogens (tertiary/aromatic N) is 1. The lowest BCUT2D eigenvalue weighted by Crippen LogP contribution is -2.16. The van der Waals surface area contributed by atoms with Crippen molar-refractivity contribution >= 4 is 28.3 Å². The van der Waals surface area contributed by atoms with Crippen LogP contribution in [0.1, 0.15) is 19.8 Å². The molecule has 1 atom stereocenters. The summed E-state index contributed by atoms with van der Waals surface area (Å²) >= 11 is 1.33. The Bertz CT molecular complexity index is 337. The Morgan fingerprint density at radius 2 is 2.33 bits per heavy atom. The van der Waals surface area contributed by atoms with Gasteiger partial charge in [-0.1, -0.05) is 6.92 Å². The molecule has 0 spiro atoms. The number of anilines is 1. The Hall–Kier alpha value is -1.43. The second-order valence-corrected chi connectivity index (χ2v) is 4.19. The van der Waals surface area contributed by atoms with Crippen molar-refractivity contribution in [2.45, 2.75) is 19.8 Å². The molecule has 2 N–H and O–H groups in total. The van der Waals surface area contributed by atoms with Gasteiger partial charge in [-0.3, -0.25) is 9.59 Å². The predicted octanol–water partition coefficient (Wildman–Crippen LogP) is 1.58. The van der Waals surface area contributed by atoms with Crippen LogP contribution in [0, 0.1) is 5.92 Å². The SMILES string of the molecule is CC(CC(=O)O)CC(=O)Nc1nccs1. The average molecular weight is 228 g/mol. The molecular weight excluding hydrogens is 216 g/mol. The third-order valence-electron chi connectivity index (χ3n) is 1.74. The lowest BCUT2D eigenvalue weighted by atomic mass is 10.0. The largest absolute Gasteiger partial charge is 0.481 e. The molecule has 0 radical (unpaired) electrons. The van der Waals surface area contributed by atoms with Gasteiger partial charge in [0.05, 0.1) is 0 Å². The van der Waals surface area contributed by atoms with Crippen LogP contribution in [0.3, 0.4) is 0 Å². The van der Waals surface area contributed by atoms with Crippen LogP contribution >= 0.6 is 11.3 Å². The van der Waals surface area contributed by atoms with Crippen LogP contribution in [0.15, 0.2) is 11.6 Å². The van der Waals surface area contributed by atoms with Crippen molar-refractivity contribution in [1.82, 2.24) is 4.98 Å². The van der Waals surface area contributed by atoms with E-state index in [2.05, 4.69) is 10.3 Å². The van der Waals surface area contributed by atoms with E-state index in [-0.39, 0.29) is 24.7 Å². The number of thiazole rings is 1. The van der Waals surface area contributed by atoms with E-state index >= 15 is 0 Å². The number of rotatable bonds is 5. The summed E-state index contributed by atoms with van der Waals surface area (Å²) in [4.78, 5) is 25.6. The molecule has 1 aromatic heterocycles. The first-order chi connectivity index (χ1) is 7.08. The van der Waals surface area contributed by atoms with E-state index in [9.17, 15) is 9.59 Å². The van der Waals surface area contributed by atoms with Gasteiger partial charge >= 0.3 is 5.97 Å². The van der Waals surface area contributed by atoms with Gasteiger partial charge in [-0.2, -0.15) is 0 Å². The molecule has 0 saturated carbocycles. The molecule has 0 aliphatic carbocycles. The summed E-state index contributed by atoms with van der Waals surface area (Å²) in [5.74, 6) is -1.24. The summed E-state index contributed by atoms with van der Waals surface area (Å²) in [7, 11) is 0. The molecule has 0 aliphatic heterocycles. The number of carbonyl (C=O) groups excluding carboxylic acids is 1. The lowest BCUT2D eigenvalue weighted by molar-refractivity contribution is -0.138. The number of aromatic nitrogens is 1. The molecule has 0 bridgehead atoms. The van der Waals surface area contributed by atoms with Gasteiger partial charge in [0, 0.05) is 24.4 Å². The third kappa shape index (κ3) is 4.55. The highest BCUT2D eigenvalue weighted by Gasteiger charge is 2.13. The first-order valence-corrected chi connectivity index (χ1v) is 5.37. The van der Waals surface area contributed by atoms with Crippen molar-refractivity contribution in [1.29, 1.82) is 0 Å². The number of carbonyl (C=O) groups is 2. The number of aliphatic carboxylic acids is 1. The molecule has 1 aromatic rings. The van der Waals surface area contributed by atoms with E-state index < -0.39 is 5.97 Å². The zero-order valence-corrected chi connectivity index (χ0v) is 9.08. The van der Waals surface area contributed by atoms with Crippen molar-refractivity contribution in [3.63, 3.8) is 0 Å². The van der Waals surface area contributed by atoms with Crippen LogP contribution in [0.4, 0.5) is 5.13 Å². The van der Waals surface area contributed by atoms with Crippen molar-refractivity contribution in [3.8, 4) is 0 Å². The van der Waals surface area contributed by atoms with Gasteiger partial charge in [0.2, 0.25) is 5.91 Å². The van der Waals surface area contributed by atoms with Crippen molar-refractivity contribution in [3.05, 3.63) is 11.6 Å². The maximum Gasteiger partial charge on any atom is 0.303 e. The minimum Gasteiger partial charge on any atom is -0.481 e. The molecule has 6 heteroatoms. The zero-order chi connectivity index (χ0) is 11.3. The predicted molar refractivity (Wildman–Crippen MR) is 56.8 cm³/mol. The minimum atomic E-state index is -0.885. The summed E-state index contributed by atoms with van der Waals surface area (Å²) in [5.41, 5.74) is 0. The number of hydrogen-bond acceptors (Lipinski definition) is 4. The normalized spacial score (nSPS) is 12.1. The highest BCUT2D eigenvalue weighted by Crippen LogP contribution is 2.13. The van der Waals surface area contributed by atoms with E-state index in [1.807, 2.05) is 0 Å². The molecule has 82 valence electrons. The third-order valence-corrected chi connectivity index (χ3v) is 2.42. The number of carboxylic acids is 1. The summed E-state index contributed by atoms with van der Waals surface area (Å²) in [6.07, 6.45) is 1.80. The first-order valence-electron chi connectivity index (χ1n) is 4.49. The summed E-state index contributed by atoms with van der Waals surface area (Å²) < 4.78 is 0. The Labute approximate surface area is 91.1 Å². The summed E-state index contributed by atoms with van der Waals surface area (Å²) in [6.45, 7) is 1.73. The van der Waals surface area contributed by atoms with Crippen molar-refractivity contribution in [2.75, 3.05) is 5.32 Å². The van der Waals surface area contributed by atoms with Crippen LogP contribution < -0.4 is 5.32 Å². The molecular formula is C9H12N2O3S. The van der Waals surface area contributed by atoms with Crippen LogP contribution in [-0.4, -0.2) is 22.0 Å². The Balaban J connectivity index is 2.33. The first kappa shape index (κ1) is 11.6. The fourth-order valence-electron chi connectivity index (χ4n) is 1.14. The van der Waals surface area contributed by atoms with Gasteiger partial charge in [-0.15, -0.1) is 11.3 Å². The van der Waals surface area contributed by atoms with E-state index in [1.165, 1.54) is 11.3 Å². The minimum absolute atomic E-state index is 0.00525. The Morgan fingerprint density at radius 1 is 1.60 bits per heavy atom. The molecule has 1 unspecified atom stereocenters. The van der Waals surface area contributed by atoms with E-state index in [1.54, 1.807) is 18.5 Å². The highest BCUT2D eigenvalue weighted by atomic mass is 32.1. The van der Waals surface area contributed by atoms with Crippen LogP contribution in [0.2, 0.25) is 0 Å². The van der Waals surface area contributed by atoms with E-state index in [4.69, 9.17) is 5.11 Å². The topological polar surface area (TPSA) is 79.3 Å². The van der Waals surface area contributed by atoms with Gasteiger partial charge in [-0.05, 0) is 5.92 Å². The fourth-order valence-corrected chi connectivity index (χ4v) is 1.69. The molecule has 1 rings (SSSR count). The number of amides is 1. The van der Waals surface area contributed by atoms with Crippen LogP contribution in [0.5, 0.6) is 0 Å². The summed E-state index contributed by atoms with van der Waals surface area (Å²) in [6, 6.07) is 0. The standard InChI is InChI=1S/C9H12N2O3S/c1-6(5-8(13)14)4-7(12)11-9-10-2-3-15-9/h2-3,6H,4-5H2,1H3,(H,13,14)(H,10,11,12). The second-order valence-electron chi connectivity index (χ2n) is 3.29. The smallest absolute Gasteiger partial charge is 0.303 e. The molecule has 15 heavy (non-hydrogen) atoms. The van der Waals surface area contributed by atoms with Crippen LogP contribution in [-0.2, 0) is 9.59 Å². The number of hydrogen-bond donors (Lipinski definition) is 2. The molecule has 0 saturated heterocycles. The van der Waals surface area contributed by atoms with Crippen molar-refractivity contribution in [2.24, 2.45) is 5.92 Å². The van der Waals surface area contributed by atoms with Gasteiger partial charge in [-0.25, -0.2) is 4.98 Å². The Kier molecular flexibility index (Phi) is 4.23.